The van der Waals surface area contributed by atoms with E-state index in [1.54, 1.807) is 11.4 Å². The van der Waals surface area contributed by atoms with Gasteiger partial charge in [0.2, 0.25) is 0 Å². The number of carboxylic acids is 1. The maximum absolute atomic E-state index is 11.0. The zero-order valence-electron chi connectivity index (χ0n) is 17.4. The van der Waals surface area contributed by atoms with Crippen LogP contribution in [0.1, 0.15) is 63.3 Å². The van der Waals surface area contributed by atoms with Crippen LogP contribution in [0.3, 0.4) is 0 Å². The van der Waals surface area contributed by atoms with E-state index < -0.39 is 5.97 Å². The number of rotatable bonds is 3. The fraction of sp³-hybridized carbons (Fsp3) is 0.500. The first kappa shape index (κ1) is 22.2. The van der Waals surface area contributed by atoms with E-state index in [4.69, 9.17) is 21.8 Å². The molecule has 3 heterocycles. The number of carboxylic acid groups (broad SMARTS) is 1. The Morgan fingerprint density at radius 3 is 2.31 bits per heavy atom. The molecule has 0 aromatic carbocycles. The normalized spacial score (nSPS) is 11.4. The van der Waals surface area contributed by atoms with E-state index in [-0.39, 0.29) is 17.9 Å². The lowest BCUT2D eigenvalue weighted by Gasteiger charge is -2.15. The highest BCUT2D eigenvalue weighted by molar-refractivity contribution is 7.10. The van der Waals surface area contributed by atoms with Crippen molar-refractivity contribution in [3.63, 3.8) is 0 Å². The molecule has 0 amide bonds. The number of nitrogens with two attached hydrogens (primary N) is 2. The van der Waals surface area contributed by atoms with Crippen molar-refractivity contribution in [3.05, 3.63) is 22.8 Å². The van der Waals surface area contributed by atoms with E-state index in [2.05, 4.69) is 14.6 Å². The minimum atomic E-state index is -0.955. The van der Waals surface area contributed by atoms with E-state index in [9.17, 15) is 4.79 Å². The zero-order valence-corrected chi connectivity index (χ0v) is 18.2. The van der Waals surface area contributed by atoms with Crippen LogP contribution in [0.2, 0.25) is 0 Å². The SMILES string of the molecule is CC(C)c1nn(CC(=O)O)c2c(N)c(C(C)(C)C)nn12.Cc1nsc(N)c1C#N. The maximum Gasteiger partial charge on any atom is 0.325 e. The van der Waals surface area contributed by atoms with Crippen LogP contribution in [0.4, 0.5) is 10.7 Å². The van der Waals surface area contributed by atoms with Crippen LogP contribution in [-0.4, -0.2) is 34.8 Å². The average molecular weight is 419 g/mol. The van der Waals surface area contributed by atoms with Crippen LogP contribution in [-0.2, 0) is 16.8 Å². The molecule has 0 spiro atoms. The van der Waals surface area contributed by atoms with Gasteiger partial charge in [-0.05, 0) is 18.5 Å². The predicted octanol–water partition coefficient (Wildman–Crippen LogP) is 2.52. The Bertz CT molecular complexity index is 1060. The molecule has 156 valence electrons. The molecule has 0 aliphatic heterocycles. The topological polar surface area (TPSA) is 161 Å². The summed E-state index contributed by atoms with van der Waals surface area (Å²) in [4.78, 5) is 11.0. The minimum Gasteiger partial charge on any atom is -0.480 e. The Hall–Kier alpha value is -3.13. The molecule has 0 radical (unpaired) electrons. The molecule has 3 aromatic heterocycles. The third-order valence-corrected chi connectivity index (χ3v) is 4.86. The zero-order chi connectivity index (χ0) is 22.1. The van der Waals surface area contributed by atoms with Crippen LogP contribution in [0.5, 0.6) is 0 Å². The van der Waals surface area contributed by atoms with Gasteiger partial charge in [0.25, 0.3) is 0 Å². The molecular weight excluding hydrogens is 392 g/mol. The number of aryl methyl sites for hydroxylation is 1. The van der Waals surface area contributed by atoms with Gasteiger partial charge in [0.15, 0.2) is 11.5 Å². The lowest BCUT2D eigenvalue weighted by Crippen LogP contribution is -2.16. The Morgan fingerprint density at radius 2 is 1.93 bits per heavy atom. The number of nitrogen functional groups attached to an aromatic ring is 2. The first-order valence-corrected chi connectivity index (χ1v) is 9.74. The molecule has 0 aliphatic rings. The second-order valence-corrected chi connectivity index (χ2v) is 8.74. The molecule has 3 rings (SSSR count). The fourth-order valence-electron chi connectivity index (χ4n) is 2.72. The largest absolute Gasteiger partial charge is 0.480 e. The first-order valence-electron chi connectivity index (χ1n) is 8.97. The van der Waals surface area contributed by atoms with E-state index in [1.165, 1.54) is 4.68 Å². The minimum absolute atomic E-state index is 0.125. The molecule has 0 atom stereocenters. The van der Waals surface area contributed by atoms with Crippen molar-refractivity contribution in [3.8, 4) is 6.07 Å². The number of nitriles is 1. The summed E-state index contributed by atoms with van der Waals surface area (Å²) in [5.41, 5.74) is 14.4. The molecule has 0 saturated heterocycles. The Morgan fingerprint density at radius 1 is 1.31 bits per heavy atom. The van der Waals surface area contributed by atoms with E-state index in [1.807, 2.05) is 40.7 Å². The summed E-state index contributed by atoms with van der Waals surface area (Å²) in [5, 5.41) is 26.8. The second kappa shape index (κ2) is 8.08. The van der Waals surface area contributed by atoms with Gasteiger partial charge in [0.05, 0.1) is 11.4 Å². The standard InChI is InChI=1S/C13H21N5O2.C5H5N3S/c1-7(2)11-16-17(6-8(19)20)12-9(14)10(13(3,4)5)15-18(11)12;1-3-4(2-6)5(7)9-8-3/h7H,6,14H2,1-5H3,(H,19,20);7H2,1H3. The summed E-state index contributed by atoms with van der Waals surface area (Å²) >= 11 is 1.16. The summed E-state index contributed by atoms with van der Waals surface area (Å²) in [7, 11) is 0. The van der Waals surface area contributed by atoms with E-state index in [0.29, 0.717) is 27.7 Å². The third-order valence-electron chi connectivity index (χ3n) is 4.09. The smallest absolute Gasteiger partial charge is 0.325 e. The lowest BCUT2D eigenvalue weighted by atomic mass is 9.91. The van der Waals surface area contributed by atoms with E-state index in [0.717, 1.165) is 22.9 Å². The highest BCUT2D eigenvalue weighted by Gasteiger charge is 2.27. The molecule has 29 heavy (non-hydrogen) atoms. The first-order chi connectivity index (χ1) is 13.4. The molecule has 0 unspecified atom stereocenters. The summed E-state index contributed by atoms with van der Waals surface area (Å²) < 4.78 is 6.96. The number of aromatic nitrogens is 5. The quantitative estimate of drug-likeness (QED) is 0.584. The van der Waals surface area contributed by atoms with Gasteiger partial charge in [-0.15, -0.1) is 0 Å². The molecule has 0 bridgehead atoms. The number of fused-ring (bicyclic) bond motifs is 1. The van der Waals surface area contributed by atoms with Crippen molar-refractivity contribution in [2.24, 2.45) is 0 Å². The third kappa shape index (κ3) is 4.48. The summed E-state index contributed by atoms with van der Waals surface area (Å²) in [6.45, 7) is 11.6. The van der Waals surface area contributed by atoms with Crippen molar-refractivity contribution < 1.29 is 9.90 Å². The van der Waals surface area contributed by atoms with Gasteiger partial charge in [-0.3, -0.25) is 4.79 Å². The number of nitrogens with zero attached hydrogens (tertiary/aromatic N) is 6. The number of carbonyl (C=O) groups is 1. The van der Waals surface area contributed by atoms with Gasteiger partial charge in [0.1, 0.15) is 28.9 Å². The van der Waals surface area contributed by atoms with Gasteiger partial charge in [-0.2, -0.15) is 24.3 Å². The summed E-state index contributed by atoms with van der Waals surface area (Å²) in [6, 6.07) is 1.97. The van der Waals surface area contributed by atoms with Crippen LogP contribution in [0, 0.1) is 18.3 Å². The Kier molecular flexibility index (Phi) is 6.18. The molecule has 0 aliphatic carbocycles. The van der Waals surface area contributed by atoms with Crippen molar-refractivity contribution in [1.29, 1.82) is 5.26 Å². The van der Waals surface area contributed by atoms with Gasteiger partial charge < -0.3 is 16.6 Å². The predicted molar refractivity (Wildman–Crippen MR) is 112 cm³/mol. The number of anilines is 2. The van der Waals surface area contributed by atoms with Gasteiger partial charge in [-0.1, -0.05) is 34.6 Å². The number of aliphatic carboxylic acids is 1. The second-order valence-electron chi connectivity index (χ2n) is 7.93. The molecule has 10 nitrogen and oxygen atoms in total. The molecule has 11 heteroatoms. The number of hydrogen-bond donors (Lipinski definition) is 3. The van der Waals surface area contributed by atoms with E-state index >= 15 is 0 Å². The van der Waals surface area contributed by atoms with Gasteiger partial charge >= 0.3 is 5.97 Å². The highest BCUT2D eigenvalue weighted by atomic mass is 32.1. The molecular formula is C18H26N8O2S. The van der Waals surface area contributed by atoms with Crippen LogP contribution in [0.25, 0.3) is 5.65 Å². The lowest BCUT2D eigenvalue weighted by molar-refractivity contribution is -0.137. The van der Waals surface area contributed by atoms with Gasteiger partial charge in [-0.25, -0.2) is 4.68 Å². The Balaban J connectivity index is 0.000000278. The Labute approximate surface area is 172 Å². The van der Waals surface area contributed by atoms with Crippen molar-refractivity contribution in [2.45, 2.75) is 59.4 Å². The van der Waals surface area contributed by atoms with Crippen LogP contribution in [0.15, 0.2) is 0 Å². The average Bonchev–Trinajstić information content (AvgIpc) is 3.22. The molecule has 5 N–H and O–H groups in total. The van der Waals surface area contributed by atoms with Crippen LogP contribution >= 0.6 is 11.5 Å². The highest BCUT2D eigenvalue weighted by Crippen LogP contribution is 2.31. The molecule has 0 fully saturated rings. The maximum atomic E-state index is 11.0. The van der Waals surface area contributed by atoms with Gasteiger partial charge in [0, 0.05) is 11.3 Å². The monoisotopic (exact) mass is 418 g/mol. The van der Waals surface area contributed by atoms with Crippen molar-refractivity contribution in [2.75, 3.05) is 11.5 Å². The molecule has 0 saturated carbocycles. The number of hydrogen-bond acceptors (Lipinski definition) is 8. The molecule has 3 aromatic rings. The van der Waals surface area contributed by atoms with Crippen LogP contribution < -0.4 is 11.5 Å². The van der Waals surface area contributed by atoms with Crippen molar-refractivity contribution >= 4 is 33.8 Å². The fourth-order valence-corrected chi connectivity index (χ4v) is 3.33. The summed E-state index contributed by atoms with van der Waals surface area (Å²) in [6.07, 6.45) is 0. The van der Waals surface area contributed by atoms with Crippen molar-refractivity contribution in [1.82, 2.24) is 23.8 Å². The summed E-state index contributed by atoms with van der Waals surface area (Å²) in [5.74, 6) is -0.119.